The largest absolute Gasteiger partial charge is 0.302 e. The van der Waals surface area contributed by atoms with E-state index in [1.54, 1.807) is 0 Å². The topological polar surface area (TPSA) is 59.1 Å². The lowest BCUT2D eigenvalue weighted by Crippen LogP contribution is -2.26. The highest BCUT2D eigenvalue weighted by Crippen LogP contribution is 2.38. The minimum atomic E-state index is -0.0465. The second-order valence-electron chi connectivity index (χ2n) is 7.12. The highest BCUT2D eigenvalue weighted by molar-refractivity contribution is 7.17. The zero-order valence-corrected chi connectivity index (χ0v) is 14.9. The van der Waals surface area contributed by atoms with Crippen molar-refractivity contribution in [3.63, 3.8) is 0 Å². The number of nitrogens with zero attached hydrogens (tertiary/aromatic N) is 1. The van der Waals surface area contributed by atoms with Crippen LogP contribution in [0.15, 0.2) is 30.3 Å². The molecule has 1 aliphatic carbocycles. The fourth-order valence-electron chi connectivity index (χ4n) is 3.05. The van der Waals surface area contributed by atoms with Crippen molar-refractivity contribution in [2.45, 2.75) is 46.0 Å². The van der Waals surface area contributed by atoms with Crippen molar-refractivity contribution in [3.05, 3.63) is 46.5 Å². The minimum absolute atomic E-state index is 0.0382. The molecule has 0 saturated heterocycles. The van der Waals surface area contributed by atoms with E-state index in [4.69, 9.17) is 0 Å². The van der Waals surface area contributed by atoms with Crippen LogP contribution in [0.5, 0.6) is 0 Å². The van der Waals surface area contributed by atoms with Crippen molar-refractivity contribution < 1.29 is 9.59 Å². The third-order valence-electron chi connectivity index (χ3n) is 4.19. The molecular formula is C19H22N2O2S. The molecule has 1 aromatic heterocycles. The Morgan fingerprint density at radius 1 is 1.25 bits per heavy atom. The third-order valence-corrected chi connectivity index (χ3v) is 5.25. The summed E-state index contributed by atoms with van der Waals surface area (Å²) >= 11 is 1.31. The maximum absolute atomic E-state index is 12.2. The number of thiazole rings is 1. The molecule has 24 heavy (non-hydrogen) atoms. The second-order valence-corrected chi connectivity index (χ2v) is 8.12. The number of nitrogens with one attached hydrogen (secondary N) is 1. The van der Waals surface area contributed by atoms with Gasteiger partial charge >= 0.3 is 0 Å². The fourth-order valence-corrected chi connectivity index (χ4v) is 3.99. The smallest absolute Gasteiger partial charge is 0.226 e. The van der Waals surface area contributed by atoms with Crippen LogP contribution in [0.2, 0.25) is 0 Å². The molecule has 1 heterocycles. The van der Waals surface area contributed by atoms with Gasteiger partial charge in [0.05, 0.1) is 10.6 Å². The van der Waals surface area contributed by atoms with Crippen LogP contribution >= 0.6 is 11.3 Å². The normalized spacial score (nSPS) is 15.8. The van der Waals surface area contributed by atoms with Crippen molar-refractivity contribution in [2.75, 3.05) is 5.32 Å². The van der Waals surface area contributed by atoms with Crippen molar-refractivity contribution in [2.24, 2.45) is 5.41 Å². The fraction of sp³-hybridized carbons (Fsp3) is 0.421. The van der Waals surface area contributed by atoms with Crippen molar-refractivity contribution in [1.29, 1.82) is 0 Å². The molecule has 0 atom stereocenters. The number of rotatable bonds is 5. The number of fused-ring (bicyclic) bond motifs is 1. The van der Waals surface area contributed by atoms with Crippen molar-refractivity contribution in [3.8, 4) is 0 Å². The first-order chi connectivity index (χ1) is 11.4. The standard InChI is InChI=1S/C19H22N2O2S/c1-19(2)11-14-17(15(22)12-19)24-18(20-14)21-16(23)10-6-9-13-7-4-3-5-8-13/h3-5,7-8H,6,9-12H2,1-2H3,(H,20,21,23). The summed E-state index contributed by atoms with van der Waals surface area (Å²) in [7, 11) is 0. The van der Waals surface area contributed by atoms with Crippen molar-refractivity contribution in [1.82, 2.24) is 4.98 Å². The molecule has 4 nitrogen and oxygen atoms in total. The molecule has 0 aliphatic heterocycles. The van der Waals surface area contributed by atoms with E-state index in [0.29, 0.717) is 22.9 Å². The van der Waals surface area contributed by atoms with Crippen LogP contribution in [0, 0.1) is 5.41 Å². The highest BCUT2D eigenvalue weighted by atomic mass is 32.1. The molecule has 1 amide bonds. The molecule has 126 valence electrons. The van der Waals surface area contributed by atoms with E-state index in [-0.39, 0.29) is 17.1 Å². The summed E-state index contributed by atoms with van der Waals surface area (Å²) in [6.45, 7) is 4.16. The molecule has 0 saturated carbocycles. The molecule has 2 aromatic rings. The first kappa shape index (κ1) is 16.8. The Morgan fingerprint density at radius 2 is 2.00 bits per heavy atom. The SMILES string of the molecule is CC1(C)CC(=O)c2sc(NC(=O)CCCc3ccccc3)nc2C1. The summed E-state index contributed by atoms with van der Waals surface area (Å²) in [6, 6.07) is 10.1. The number of anilines is 1. The summed E-state index contributed by atoms with van der Waals surface area (Å²) in [4.78, 5) is 29.5. The Kier molecular flexibility index (Phi) is 4.81. The number of amides is 1. The summed E-state index contributed by atoms with van der Waals surface area (Å²) in [5, 5.41) is 3.40. The van der Waals surface area contributed by atoms with E-state index >= 15 is 0 Å². The molecule has 0 unspecified atom stereocenters. The monoisotopic (exact) mass is 342 g/mol. The van der Waals surface area contributed by atoms with Crippen LogP contribution in [0.4, 0.5) is 5.13 Å². The average molecular weight is 342 g/mol. The maximum atomic E-state index is 12.2. The molecule has 0 radical (unpaired) electrons. The van der Waals surface area contributed by atoms with Gasteiger partial charge in [-0.05, 0) is 30.2 Å². The van der Waals surface area contributed by atoms with Gasteiger partial charge in [0, 0.05) is 12.8 Å². The van der Waals surface area contributed by atoms with Gasteiger partial charge in [-0.15, -0.1) is 0 Å². The van der Waals surface area contributed by atoms with Crippen LogP contribution < -0.4 is 5.32 Å². The number of hydrogen-bond acceptors (Lipinski definition) is 4. The van der Waals surface area contributed by atoms with Crippen LogP contribution in [0.1, 0.15) is 54.0 Å². The second kappa shape index (κ2) is 6.85. The Hall–Kier alpha value is -2.01. The lowest BCUT2D eigenvalue weighted by molar-refractivity contribution is -0.116. The van der Waals surface area contributed by atoms with Crippen LogP contribution in [0.25, 0.3) is 0 Å². The molecule has 0 bridgehead atoms. The van der Waals surface area contributed by atoms with Gasteiger partial charge < -0.3 is 5.32 Å². The molecule has 0 fully saturated rings. The molecule has 1 aromatic carbocycles. The average Bonchev–Trinajstić information content (AvgIpc) is 2.89. The summed E-state index contributed by atoms with van der Waals surface area (Å²) < 4.78 is 0. The highest BCUT2D eigenvalue weighted by Gasteiger charge is 2.34. The Bertz CT molecular complexity index is 750. The number of benzene rings is 1. The first-order valence-electron chi connectivity index (χ1n) is 8.30. The summed E-state index contributed by atoms with van der Waals surface area (Å²) in [6.07, 6.45) is 3.47. The number of ketones is 1. The van der Waals surface area contributed by atoms with Crippen LogP contribution in [-0.2, 0) is 17.6 Å². The molecule has 1 N–H and O–H groups in total. The molecule has 3 rings (SSSR count). The van der Waals surface area contributed by atoms with Gasteiger partial charge in [0.1, 0.15) is 0 Å². The quantitative estimate of drug-likeness (QED) is 0.883. The minimum Gasteiger partial charge on any atom is -0.302 e. The Labute approximate surface area is 146 Å². The number of aromatic nitrogens is 1. The number of hydrogen-bond donors (Lipinski definition) is 1. The molecule has 1 aliphatic rings. The molecule has 5 heteroatoms. The Balaban J connectivity index is 1.55. The maximum Gasteiger partial charge on any atom is 0.226 e. The summed E-state index contributed by atoms with van der Waals surface area (Å²) in [5.74, 6) is 0.104. The van der Waals surface area contributed by atoms with E-state index in [1.807, 2.05) is 18.2 Å². The Morgan fingerprint density at radius 3 is 2.75 bits per heavy atom. The third kappa shape index (κ3) is 4.09. The van der Waals surface area contributed by atoms with Gasteiger partial charge in [0.15, 0.2) is 10.9 Å². The molecular weight excluding hydrogens is 320 g/mol. The van der Waals surface area contributed by atoms with E-state index in [2.05, 4.69) is 36.3 Å². The van der Waals surface area contributed by atoms with E-state index in [0.717, 1.165) is 25.0 Å². The van der Waals surface area contributed by atoms with Gasteiger partial charge in [0.25, 0.3) is 0 Å². The number of carbonyl (C=O) groups is 2. The van der Waals surface area contributed by atoms with Gasteiger partial charge in [-0.1, -0.05) is 55.5 Å². The predicted octanol–water partition coefficient (Wildman–Crippen LogP) is 4.26. The number of aryl methyl sites for hydroxylation is 1. The number of Topliss-reactive ketones (excluding diaryl/α,β-unsaturated/α-hetero) is 1. The predicted molar refractivity (Wildman–Crippen MR) is 96.6 cm³/mol. The first-order valence-corrected chi connectivity index (χ1v) is 9.11. The number of carbonyl (C=O) groups excluding carboxylic acids is 2. The lowest BCUT2D eigenvalue weighted by Gasteiger charge is -2.26. The van der Waals surface area contributed by atoms with Gasteiger partial charge in [-0.3, -0.25) is 9.59 Å². The van der Waals surface area contributed by atoms with Crippen LogP contribution in [0.3, 0.4) is 0 Å². The van der Waals surface area contributed by atoms with Gasteiger partial charge in [0.2, 0.25) is 5.91 Å². The zero-order chi connectivity index (χ0) is 17.2. The van der Waals surface area contributed by atoms with Gasteiger partial charge in [-0.2, -0.15) is 0 Å². The van der Waals surface area contributed by atoms with E-state index in [1.165, 1.54) is 16.9 Å². The van der Waals surface area contributed by atoms with Gasteiger partial charge in [-0.25, -0.2) is 4.98 Å². The van der Waals surface area contributed by atoms with Crippen LogP contribution in [-0.4, -0.2) is 16.7 Å². The van der Waals surface area contributed by atoms with E-state index < -0.39 is 0 Å². The molecule has 0 spiro atoms. The van der Waals surface area contributed by atoms with E-state index in [9.17, 15) is 9.59 Å². The lowest BCUT2D eigenvalue weighted by atomic mass is 9.78. The summed E-state index contributed by atoms with van der Waals surface area (Å²) in [5.41, 5.74) is 2.03. The zero-order valence-electron chi connectivity index (χ0n) is 14.1. The van der Waals surface area contributed by atoms with Crippen molar-refractivity contribution >= 4 is 28.2 Å².